The molecule has 2 rings (SSSR count). The molecular formula is C16H13Cl3N4O2. The van der Waals surface area contributed by atoms with Crippen LogP contribution in [0.25, 0.3) is 0 Å². The Morgan fingerprint density at radius 2 is 2.04 bits per heavy atom. The van der Waals surface area contributed by atoms with E-state index in [1.165, 1.54) is 6.21 Å². The van der Waals surface area contributed by atoms with E-state index in [9.17, 15) is 4.79 Å². The van der Waals surface area contributed by atoms with Gasteiger partial charge in [-0.1, -0.05) is 59.6 Å². The van der Waals surface area contributed by atoms with Gasteiger partial charge in [0.05, 0.1) is 16.9 Å². The first-order chi connectivity index (χ1) is 12.0. The number of para-hydroxylation sites is 1. The van der Waals surface area contributed by atoms with Crippen LogP contribution in [-0.2, 0) is 0 Å². The molecule has 0 radical (unpaired) electrons. The molecule has 0 atom stereocenters. The second-order valence-corrected chi connectivity index (χ2v) is 5.74. The molecule has 0 aliphatic carbocycles. The average molecular weight is 400 g/mol. The number of rotatable bonds is 6. The number of hydrogen-bond donors (Lipinski definition) is 2. The summed E-state index contributed by atoms with van der Waals surface area (Å²) in [7, 11) is 0. The topological polar surface area (TPSA) is 89.6 Å². The normalized spacial score (nSPS) is 10.7. The summed E-state index contributed by atoms with van der Waals surface area (Å²) in [6, 6.07) is 7.17. The van der Waals surface area contributed by atoms with E-state index in [0.29, 0.717) is 17.9 Å². The Kier molecular flexibility index (Phi) is 6.64. The molecule has 0 fully saturated rings. The van der Waals surface area contributed by atoms with Gasteiger partial charge in [-0.2, -0.15) is 5.10 Å². The lowest BCUT2D eigenvalue weighted by Crippen LogP contribution is -2.20. The smallest absolute Gasteiger partial charge is 0.291 e. The zero-order valence-corrected chi connectivity index (χ0v) is 15.1. The lowest BCUT2D eigenvalue weighted by molar-refractivity contribution is 0.0950. The Balaban J connectivity index is 2.16. The molecule has 0 unspecified atom stereocenters. The summed E-state index contributed by atoms with van der Waals surface area (Å²) < 4.78 is 5.49. The minimum atomic E-state index is -0.684. The van der Waals surface area contributed by atoms with E-state index >= 15 is 0 Å². The van der Waals surface area contributed by atoms with Crippen LogP contribution in [0, 0.1) is 0 Å². The summed E-state index contributed by atoms with van der Waals surface area (Å²) >= 11 is 17.6. The molecule has 1 aromatic heterocycles. The Hall–Kier alpha value is -2.28. The van der Waals surface area contributed by atoms with Crippen molar-refractivity contribution in [2.45, 2.75) is 0 Å². The number of nitrogens with one attached hydrogen (secondary N) is 1. The number of nitrogens with two attached hydrogens (primary N) is 1. The van der Waals surface area contributed by atoms with Crippen LogP contribution in [0.2, 0.25) is 15.2 Å². The molecule has 1 amide bonds. The van der Waals surface area contributed by atoms with Crippen molar-refractivity contribution in [2.75, 3.05) is 12.3 Å². The molecule has 9 heteroatoms. The minimum Gasteiger partial charge on any atom is -0.489 e. The second-order valence-electron chi connectivity index (χ2n) is 4.63. The lowest BCUT2D eigenvalue weighted by Gasteiger charge is -2.08. The number of carbonyl (C=O) groups excluding carboxylic acids is 1. The fourth-order valence-corrected chi connectivity index (χ4v) is 2.36. The first-order valence-corrected chi connectivity index (χ1v) is 8.05. The standard InChI is InChI=1S/C16H13Cl3N4O2/c1-2-7-25-10-6-4-3-5-9(10)8-21-23-16(24)14-11(17)13(20)12(18)15(19)22-14/h2-6,8H,1,7H2,(H2,20,22)(H,23,24)/b21-8+. The molecule has 1 heterocycles. The van der Waals surface area contributed by atoms with Gasteiger partial charge in [-0.25, -0.2) is 10.4 Å². The van der Waals surface area contributed by atoms with Gasteiger partial charge >= 0.3 is 0 Å². The molecule has 0 saturated heterocycles. The summed E-state index contributed by atoms with van der Waals surface area (Å²) in [5.74, 6) is -0.0913. The van der Waals surface area contributed by atoms with E-state index < -0.39 is 5.91 Å². The van der Waals surface area contributed by atoms with Gasteiger partial charge in [0.2, 0.25) is 0 Å². The van der Waals surface area contributed by atoms with E-state index in [-0.39, 0.29) is 26.6 Å². The van der Waals surface area contributed by atoms with Crippen LogP contribution in [-0.4, -0.2) is 23.7 Å². The number of anilines is 1. The molecule has 130 valence electrons. The van der Waals surface area contributed by atoms with Gasteiger partial charge in [0.15, 0.2) is 10.8 Å². The molecule has 3 N–H and O–H groups in total. The molecule has 0 spiro atoms. The second kappa shape index (κ2) is 8.71. The Morgan fingerprint density at radius 1 is 1.32 bits per heavy atom. The van der Waals surface area contributed by atoms with Crippen molar-refractivity contribution in [3.63, 3.8) is 0 Å². The first kappa shape index (κ1) is 19.1. The van der Waals surface area contributed by atoms with Gasteiger partial charge in [0.1, 0.15) is 17.4 Å². The Labute approximate surface area is 159 Å². The number of halogens is 3. The molecule has 0 aliphatic rings. The van der Waals surface area contributed by atoms with Crippen LogP contribution >= 0.6 is 34.8 Å². The van der Waals surface area contributed by atoms with Crippen LogP contribution in [0.4, 0.5) is 5.69 Å². The molecular weight excluding hydrogens is 387 g/mol. The quantitative estimate of drug-likeness (QED) is 0.333. The van der Waals surface area contributed by atoms with Crippen LogP contribution in [0.15, 0.2) is 42.0 Å². The number of benzene rings is 1. The molecule has 0 saturated carbocycles. The Morgan fingerprint density at radius 3 is 2.76 bits per heavy atom. The molecule has 1 aromatic carbocycles. The fourth-order valence-electron chi connectivity index (χ4n) is 1.76. The molecule has 0 aliphatic heterocycles. The number of ether oxygens (including phenoxy) is 1. The van der Waals surface area contributed by atoms with Crippen molar-refractivity contribution in [1.29, 1.82) is 0 Å². The highest BCUT2D eigenvalue weighted by Crippen LogP contribution is 2.34. The van der Waals surface area contributed by atoms with Gasteiger partial charge in [-0.15, -0.1) is 0 Å². The summed E-state index contributed by atoms with van der Waals surface area (Å²) in [6.45, 7) is 3.93. The van der Waals surface area contributed by atoms with Gasteiger partial charge in [-0.05, 0) is 12.1 Å². The third-order valence-corrected chi connectivity index (χ3v) is 4.07. The van der Waals surface area contributed by atoms with E-state index in [1.54, 1.807) is 18.2 Å². The van der Waals surface area contributed by atoms with E-state index in [4.69, 9.17) is 45.3 Å². The zero-order valence-electron chi connectivity index (χ0n) is 12.8. The van der Waals surface area contributed by atoms with Crippen molar-refractivity contribution in [3.8, 4) is 5.75 Å². The molecule has 25 heavy (non-hydrogen) atoms. The van der Waals surface area contributed by atoms with Gasteiger partial charge in [0.25, 0.3) is 5.91 Å². The predicted octanol–water partition coefficient (Wildman–Crippen LogP) is 3.95. The zero-order chi connectivity index (χ0) is 18.4. The van der Waals surface area contributed by atoms with Crippen molar-refractivity contribution in [2.24, 2.45) is 5.10 Å². The highest BCUT2D eigenvalue weighted by molar-refractivity contribution is 6.46. The fraction of sp³-hybridized carbons (Fsp3) is 0.0625. The number of carbonyl (C=O) groups is 1. The average Bonchev–Trinajstić information content (AvgIpc) is 2.62. The largest absolute Gasteiger partial charge is 0.489 e. The summed E-state index contributed by atoms with van der Waals surface area (Å²) in [5.41, 5.74) is 8.43. The Bertz CT molecular complexity index is 840. The van der Waals surface area contributed by atoms with Crippen molar-refractivity contribution >= 4 is 52.6 Å². The monoisotopic (exact) mass is 398 g/mol. The lowest BCUT2D eigenvalue weighted by atomic mass is 10.2. The number of hydrogen-bond acceptors (Lipinski definition) is 5. The van der Waals surface area contributed by atoms with Crippen LogP contribution in [0.3, 0.4) is 0 Å². The highest BCUT2D eigenvalue weighted by Gasteiger charge is 2.19. The predicted molar refractivity (Wildman–Crippen MR) is 101 cm³/mol. The summed E-state index contributed by atoms with van der Waals surface area (Å²) in [4.78, 5) is 16.0. The number of aromatic nitrogens is 1. The van der Waals surface area contributed by atoms with E-state index in [1.807, 2.05) is 12.1 Å². The van der Waals surface area contributed by atoms with Crippen LogP contribution in [0.1, 0.15) is 16.1 Å². The van der Waals surface area contributed by atoms with Crippen molar-refractivity contribution < 1.29 is 9.53 Å². The van der Waals surface area contributed by atoms with Gasteiger partial charge in [0, 0.05) is 5.56 Å². The van der Waals surface area contributed by atoms with Crippen LogP contribution in [0.5, 0.6) is 5.75 Å². The maximum atomic E-state index is 12.2. The molecule has 0 bridgehead atoms. The maximum Gasteiger partial charge on any atom is 0.291 e. The van der Waals surface area contributed by atoms with E-state index in [2.05, 4.69) is 22.1 Å². The third kappa shape index (κ3) is 4.63. The number of nitrogens with zero attached hydrogens (tertiary/aromatic N) is 2. The van der Waals surface area contributed by atoms with E-state index in [0.717, 1.165) is 0 Å². The summed E-state index contributed by atoms with van der Waals surface area (Å²) in [5, 5.41) is 3.63. The summed E-state index contributed by atoms with van der Waals surface area (Å²) in [6.07, 6.45) is 3.04. The molecule has 2 aromatic rings. The maximum absolute atomic E-state index is 12.2. The van der Waals surface area contributed by atoms with Gasteiger partial charge < -0.3 is 10.5 Å². The number of hydrazone groups is 1. The number of nitrogen functional groups attached to an aromatic ring is 1. The molecule has 6 nitrogen and oxygen atoms in total. The third-order valence-electron chi connectivity index (χ3n) is 2.93. The van der Waals surface area contributed by atoms with Gasteiger partial charge in [-0.3, -0.25) is 4.79 Å². The first-order valence-electron chi connectivity index (χ1n) is 6.91. The SMILES string of the molecule is C=CCOc1ccccc1/C=N/NC(=O)c1nc(Cl)c(Cl)c(N)c1Cl. The number of amides is 1. The van der Waals surface area contributed by atoms with Crippen LogP contribution < -0.4 is 15.9 Å². The van der Waals surface area contributed by atoms with Crippen molar-refractivity contribution in [3.05, 3.63) is 63.4 Å². The number of pyridine rings is 1. The highest BCUT2D eigenvalue weighted by atomic mass is 35.5. The van der Waals surface area contributed by atoms with Crippen molar-refractivity contribution in [1.82, 2.24) is 10.4 Å². The minimum absolute atomic E-state index is 0.0139.